The molecule has 0 aliphatic rings. The van der Waals surface area contributed by atoms with E-state index in [1.54, 1.807) is 0 Å². The zero-order chi connectivity index (χ0) is 25.2. The van der Waals surface area contributed by atoms with Crippen LogP contribution in [0.25, 0.3) is 0 Å². The lowest BCUT2D eigenvalue weighted by atomic mass is 10.0. The summed E-state index contributed by atoms with van der Waals surface area (Å²) < 4.78 is 0. The number of carbonyl (C=O) groups is 1. The second kappa shape index (κ2) is 24.3. The normalized spacial score (nSPS) is 12.1. The Kier molecular flexibility index (Phi) is 22.0. The van der Waals surface area contributed by atoms with Crippen molar-refractivity contribution in [3.63, 3.8) is 0 Å². The first kappa shape index (κ1) is 31.6. The maximum Gasteiger partial charge on any atom is 0.219 e. The van der Waals surface area contributed by atoms with Gasteiger partial charge in [-0.1, -0.05) is 127 Å². The number of rotatable bonds is 25. The van der Waals surface area contributed by atoms with Crippen molar-refractivity contribution >= 4 is 5.91 Å². The third-order valence-corrected chi connectivity index (χ3v) is 6.92. The molecule has 0 fully saturated rings. The van der Waals surface area contributed by atoms with Crippen LogP contribution in [0.2, 0.25) is 0 Å². The van der Waals surface area contributed by atoms with Crippen molar-refractivity contribution in [2.24, 2.45) is 0 Å². The number of unbranched alkanes of at least 4 members (excludes halogenated alkanes) is 14. The Hall–Kier alpha value is -1.39. The molecule has 1 unspecified atom stereocenters. The number of hydrogen-bond acceptors (Lipinski definition) is 3. The third-order valence-electron chi connectivity index (χ3n) is 6.92. The van der Waals surface area contributed by atoms with Crippen molar-refractivity contribution in [3.8, 4) is 0 Å². The summed E-state index contributed by atoms with van der Waals surface area (Å²) in [6.07, 6.45) is 23.5. The van der Waals surface area contributed by atoms with Crippen molar-refractivity contribution in [2.45, 2.75) is 135 Å². The molecule has 0 saturated heterocycles. The molecule has 0 heterocycles. The van der Waals surface area contributed by atoms with Gasteiger partial charge in [0.1, 0.15) is 0 Å². The molecule has 0 radical (unpaired) electrons. The van der Waals surface area contributed by atoms with E-state index in [-0.39, 0.29) is 18.6 Å². The molecule has 1 aromatic carbocycles. The maximum atomic E-state index is 12.1. The Morgan fingerprint density at radius 3 is 1.83 bits per heavy atom. The van der Waals surface area contributed by atoms with E-state index in [0.717, 1.165) is 38.8 Å². The minimum Gasteiger partial charge on any atom is -0.396 e. The van der Waals surface area contributed by atoms with Crippen molar-refractivity contribution in [1.29, 1.82) is 0 Å². The highest BCUT2D eigenvalue weighted by molar-refractivity contribution is 5.75. The van der Waals surface area contributed by atoms with Crippen molar-refractivity contribution in [1.82, 2.24) is 10.6 Å². The standard InChI is InChI=1S/C31H56N2O2/c1-2-3-4-5-6-7-8-9-10-11-12-13-14-15-19-23-31(35)33-26-20-25-32-30(24-27-34)28-29-21-17-16-18-22-29/h16-18,21-22,30,32,34H,2-15,19-20,23-28H2,1H3,(H,33,35). The van der Waals surface area contributed by atoms with Gasteiger partial charge >= 0.3 is 0 Å². The molecule has 0 aliphatic heterocycles. The van der Waals surface area contributed by atoms with Gasteiger partial charge in [-0.3, -0.25) is 4.79 Å². The zero-order valence-electron chi connectivity index (χ0n) is 22.9. The fourth-order valence-corrected chi connectivity index (χ4v) is 4.70. The average Bonchev–Trinajstić information content (AvgIpc) is 2.87. The summed E-state index contributed by atoms with van der Waals surface area (Å²) in [4.78, 5) is 12.1. The molecular formula is C31H56N2O2. The van der Waals surface area contributed by atoms with Gasteiger partial charge in [-0.15, -0.1) is 0 Å². The highest BCUT2D eigenvalue weighted by atomic mass is 16.3. The number of nitrogens with one attached hydrogen (secondary N) is 2. The molecular weight excluding hydrogens is 432 g/mol. The first-order chi connectivity index (χ1) is 17.3. The van der Waals surface area contributed by atoms with Gasteiger partial charge in [0, 0.05) is 25.6 Å². The average molecular weight is 489 g/mol. The van der Waals surface area contributed by atoms with Gasteiger partial charge < -0.3 is 15.7 Å². The van der Waals surface area contributed by atoms with Crippen LogP contribution < -0.4 is 10.6 Å². The van der Waals surface area contributed by atoms with Crippen LogP contribution >= 0.6 is 0 Å². The summed E-state index contributed by atoms with van der Waals surface area (Å²) in [5.74, 6) is 0.191. The number of amides is 1. The largest absolute Gasteiger partial charge is 0.396 e. The molecule has 4 heteroatoms. The minimum absolute atomic E-state index is 0.191. The second-order valence-corrected chi connectivity index (χ2v) is 10.3. The summed E-state index contributed by atoms with van der Waals surface area (Å²) in [5, 5.41) is 15.9. The molecule has 0 saturated carbocycles. The van der Waals surface area contributed by atoms with Gasteiger partial charge in [-0.25, -0.2) is 0 Å². The van der Waals surface area contributed by atoms with Crippen LogP contribution in [0, 0.1) is 0 Å². The van der Waals surface area contributed by atoms with Gasteiger partial charge in [0.05, 0.1) is 0 Å². The molecule has 1 amide bonds. The summed E-state index contributed by atoms with van der Waals surface area (Å²) >= 11 is 0. The maximum absolute atomic E-state index is 12.1. The number of aliphatic hydroxyl groups is 1. The topological polar surface area (TPSA) is 61.4 Å². The van der Waals surface area contributed by atoms with E-state index in [0.29, 0.717) is 6.42 Å². The van der Waals surface area contributed by atoms with Gasteiger partial charge in [0.25, 0.3) is 0 Å². The molecule has 35 heavy (non-hydrogen) atoms. The van der Waals surface area contributed by atoms with Crippen LogP contribution in [0.5, 0.6) is 0 Å². The van der Waals surface area contributed by atoms with Gasteiger partial charge in [0.2, 0.25) is 5.91 Å². The SMILES string of the molecule is CCCCCCCCCCCCCCCCCC(=O)NCCCNC(CCO)Cc1ccccc1. The summed E-state index contributed by atoms with van der Waals surface area (Å²) in [7, 11) is 0. The van der Waals surface area contributed by atoms with E-state index >= 15 is 0 Å². The number of hydrogen-bond donors (Lipinski definition) is 3. The van der Waals surface area contributed by atoms with Crippen molar-refractivity contribution in [3.05, 3.63) is 35.9 Å². The molecule has 0 aliphatic carbocycles. The fourth-order valence-electron chi connectivity index (χ4n) is 4.70. The lowest BCUT2D eigenvalue weighted by Crippen LogP contribution is -2.34. The molecule has 202 valence electrons. The van der Waals surface area contributed by atoms with Crippen LogP contribution in [-0.2, 0) is 11.2 Å². The summed E-state index contributed by atoms with van der Waals surface area (Å²) in [5.41, 5.74) is 1.29. The van der Waals surface area contributed by atoms with E-state index in [1.165, 1.54) is 95.5 Å². The Bertz CT molecular complexity index is 579. The molecule has 0 bridgehead atoms. The van der Waals surface area contributed by atoms with Crippen molar-refractivity contribution in [2.75, 3.05) is 19.7 Å². The molecule has 1 atom stereocenters. The Morgan fingerprint density at radius 1 is 0.743 bits per heavy atom. The number of benzene rings is 1. The van der Waals surface area contributed by atoms with Crippen LogP contribution in [0.4, 0.5) is 0 Å². The first-order valence-electron chi connectivity index (χ1n) is 14.9. The van der Waals surface area contributed by atoms with Crippen LogP contribution in [-0.4, -0.2) is 36.8 Å². The third kappa shape index (κ3) is 20.5. The Labute approximate surface area is 217 Å². The van der Waals surface area contributed by atoms with E-state index in [9.17, 15) is 9.90 Å². The monoisotopic (exact) mass is 488 g/mol. The molecule has 1 rings (SSSR count). The van der Waals surface area contributed by atoms with E-state index in [4.69, 9.17) is 0 Å². The molecule has 4 nitrogen and oxygen atoms in total. The zero-order valence-corrected chi connectivity index (χ0v) is 22.9. The molecule has 0 spiro atoms. The first-order valence-corrected chi connectivity index (χ1v) is 14.9. The van der Waals surface area contributed by atoms with Gasteiger partial charge in [0.15, 0.2) is 0 Å². The van der Waals surface area contributed by atoms with Gasteiger partial charge in [-0.2, -0.15) is 0 Å². The highest BCUT2D eigenvalue weighted by Gasteiger charge is 2.08. The van der Waals surface area contributed by atoms with Gasteiger partial charge in [-0.05, 0) is 37.8 Å². The smallest absolute Gasteiger partial charge is 0.219 e. The van der Waals surface area contributed by atoms with Crippen LogP contribution in [0.3, 0.4) is 0 Å². The molecule has 0 aromatic heterocycles. The fraction of sp³-hybridized carbons (Fsp3) is 0.774. The highest BCUT2D eigenvalue weighted by Crippen LogP contribution is 2.13. The lowest BCUT2D eigenvalue weighted by molar-refractivity contribution is -0.121. The lowest BCUT2D eigenvalue weighted by Gasteiger charge is -2.18. The van der Waals surface area contributed by atoms with E-state index in [1.807, 2.05) is 6.07 Å². The van der Waals surface area contributed by atoms with E-state index < -0.39 is 0 Å². The summed E-state index contributed by atoms with van der Waals surface area (Å²) in [6, 6.07) is 10.7. The van der Waals surface area contributed by atoms with Crippen LogP contribution in [0.15, 0.2) is 30.3 Å². The minimum atomic E-state index is 0.191. The predicted octanol–water partition coefficient (Wildman–Crippen LogP) is 7.34. The van der Waals surface area contributed by atoms with Crippen LogP contribution in [0.1, 0.15) is 128 Å². The quantitative estimate of drug-likeness (QED) is 0.126. The van der Waals surface area contributed by atoms with E-state index in [2.05, 4.69) is 41.8 Å². The molecule has 1 aromatic rings. The molecule has 3 N–H and O–H groups in total. The van der Waals surface area contributed by atoms with Crippen molar-refractivity contribution < 1.29 is 9.90 Å². The summed E-state index contributed by atoms with van der Waals surface area (Å²) in [6.45, 7) is 4.06. The second-order valence-electron chi connectivity index (χ2n) is 10.3. The number of carbonyl (C=O) groups excluding carboxylic acids is 1. The Morgan fingerprint density at radius 2 is 1.29 bits per heavy atom. The number of aliphatic hydroxyl groups excluding tert-OH is 1. The Balaban J connectivity index is 1.86. The predicted molar refractivity (Wildman–Crippen MR) is 151 cm³/mol.